The number of carbonyl (C=O) groups excluding carboxylic acids is 1. The van der Waals surface area contributed by atoms with Crippen LogP contribution < -0.4 is 5.32 Å². The van der Waals surface area contributed by atoms with Gasteiger partial charge in [0.1, 0.15) is 0 Å². The monoisotopic (exact) mass is 259 g/mol. The molecule has 0 atom stereocenters. The molecule has 1 aromatic carbocycles. The van der Waals surface area contributed by atoms with Crippen molar-refractivity contribution in [2.24, 2.45) is 0 Å². The Labute approximate surface area is 109 Å². The van der Waals surface area contributed by atoms with Crippen molar-refractivity contribution in [1.82, 2.24) is 9.97 Å². The summed E-state index contributed by atoms with van der Waals surface area (Å²) in [6.07, 6.45) is 5.71. The van der Waals surface area contributed by atoms with Gasteiger partial charge in [0.05, 0.1) is 11.0 Å². The highest BCUT2D eigenvalue weighted by Gasteiger charge is 2.09. The van der Waals surface area contributed by atoms with Crippen molar-refractivity contribution in [3.05, 3.63) is 29.4 Å². The van der Waals surface area contributed by atoms with Gasteiger partial charge < -0.3 is 5.32 Å². The van der Waals surface area contributed by atoms with Gasteiger partial charge in [-0.15, -0.1) is 12.3 Å². The van der Waals surface area contributed by atoms with Crippen LogP contribution >= 0.6 is 11.6 Å². The van der Waals surface area contributed by atoms with Crippen LogP contribution in [0.2, 0.25) is 5.15 Å². The molecule has 0 radical (unpaired) electrons. The Hall–Kier alpha value is -2.12. The van der Waals surface area contributed by atoms with Crippen LogP contribution in [0, 0.1) is 12.3 Å². The van der Waals surface area contributed by atoms with Crippen LogP contribution in [0.5, 0.6) is 0 Å². The molecule has 5 heteroatoms. The Bertz CT molecular complexity index is 634. The molecule has 4 nitrogen and oxygen atoms in total. The van der Waals surface area contributed by atoms with Crippen LogP contribution in [-0.2, 0) is 4.79 Å². The zero-order valence-corrected chi connectivity index (χ0v) is 10.2. The average molecular weight is 260 g/mol. The standard InChI is InChI=1S/C13H10ClN3O/c1-2-3-8-11(18)17-13-12(14)15-9-6-4-5-7-10(9)16-13/h1,4-7H,3,8H2,(H,16,17,18). The van der Waals surface area contributed by atoms with Gasteiger partial charge in [0.2, 0.25) is 5.91 Å². The molecule has 0 saturated heterocycles. The van der Waals surface area contributed by atoms with Crippen LogP contribution in [-0.4, -0.2) is 15.9 Å². The minimum Gasteiger partial charge on any atom is -0.308 e. The van der Waals surface area contributed by atoms with E-state index in [9.17, 15) is 4.79 Å². The lowest BCUT2D eigenvalue weighted by molar-refractivity contribution is -0.116. The van der Waals surface area contributed by atoms with Gasteiger partial charge in [-0.2, -0.15) is 0 Å². The van der Waals surface area contributed by atoms with E-state index in [4.69, 9.17) is 18.0 Å². The quantitative estimate of drug-likeness (QED) is 0.862. The number of hydrogen-bond donors (Lipinski definition) is 1. The van der Waals surface area contributed by atoms with E-state index in [0.717, 1.165) is 0 Å². The Kier molecular flexibility index (Phi) is 3.75. The van der Waals surface area contributed by atoms with Gasteiger partial charge in [0, 0.05) is 12.8 Å². The maximum atomic E-state index is 11.5. The fourth-order valence-corrected chi connectivity index (χ4v) is 1.62. The minimum absolute atomic E-state index is 0.169. The number of nitrogens with one attached hydrogen (secondary N) is 1. The fraction of sp³-hybridized carbons (Fsp3) is 0.154. The molecule has 1 N–H and O–H groups in total. The second-order valence-corrected chi connectivity index (χ2v) is 3.96. The average Bonchev–Trinajstić information content (AvgIpc) is 2.37. The lowest BCUT2D eigenvalue weighted by atomic mass is 10.3. The number of amides is 1. The zero-order chi connectivity index (χ0) is 13.0. The molecule has 90 valence electrons. The number of halogens is 1. The molecule has 18 heavy (non-hydrogen) atoms. The fourth-order valence-electron chi connectivity index (χ4n) is 1.44. The molecule has 1 aromatic heterocycles. The Morgan fingerprint density at radius 2 is 2.00 bits per heavy atom. The molecular formula is C13H10ClN3O. The van der Waals surface area contributed by atoms with Crippen molar-refractivity contribution < 1.29 is 4.79 Å². The van der Waals surface area contributed by atoms with Crippen molar-refractivity contribution >= 4 is 34.4 Å². The third-order valence-corrected chi connectivity index (χ3v) is 2.55. The molecule has 2 aromatic rings. The van der Waals surface area contributed by atoms with Crippen LogP contribution in [0.4, 0.5) is 5.82 Å². The van der Waals surface area contributed by atoms with Gasteiger partial charge in [-0.05, 0) is 12.1 Å². The first kappa shape index (κ1) is 12.3. The number of nitrogens with zero attached hydrogens (tertiary/aromatic N) is 2. The summed E-state index contributed by atoms with van der Waals surface area (Å²) < 4.78 is 0. The number of hydrogen-bond acceptors (Lipinski definition) is 3. The summed E-state index contributed by atoms with van der Waals surface area (Å²) in [7, 11) is 0. The number of anilines is 1. The van der Waals surface area contributed by atoms with Crippen molar-refractivity contribution in [2.75, 3.05) is 5.32 Å². The summed E-state index contributed by atoms with van der Waals surface area (Å²) in [6.45, 7) is 0. The first-order chi connectivity index (χ1) is 8.70. The lowest BCUT2D eigenvalue weighted by Gasteiger charge is -2.06. The van der Waals surface area contributed by atoms with Crippen LogP contribution in [0.15, 0.2) is 24.3 Å². The van der Waals surface area contributed by atoms with Crippen LogP contribution in [0.25, 0.3) is 11.0 Å². The summed E-state index contributed by atoms with van der Waals surface area (Å²) >= 11 is 5.95. The summed E-state index contributed by atoms with van der Waals surface area (Å²) in [5.41, 5.74) is 1.36. The molecule has 0 spiro atoms. The smallest absolute Gasteiger partial charge is 0.226 e. The van der Waals surface area contributed by atoms with Gasteiger partial charge in [-0.1, -0.05) is 23.7 Å². The van der Waals surface area contributed by atoms with E-state index in [1.54, 1.807) is 12.1 Å². The van der Waals surface area contributed by atoms with Crippen LogP contribution in [0.1, 0.15) is 12.8 Å². The van der Waals surface area contributed by atoms with E-state index in [1.165, 1.54) is 0 Å². The molecule has 0 aliphatic rings. The van der Waals surface area contributed by atoms with E-state index >= 15 is 0 Å². The van der Waals surface area contributed by atoms with Crippen molar-refractivity contribution in [1.29, 1.82) is 0 Å². The second kappa shape index (κ2) is 5.48. The van der Waals surface area contributed by atoms with E-state index in [0.29, 0.717) is 17.5 Å². The number of para-hydroxylation sites is 2. The minimum atomic E-state index is -0.223. The number of fused-ring (bicyclic) bond motifs is 1. The van der Waals surface area contributed by atoms with Gasteiger partial charge in [-0.3, -0.25) is 4.79 Å². The Morgan fingerprint density at radius 3 is 2.67 bits per heavy atom. The van der Waals surface area contributed by atoms with Crippen molar-refractivity contribution in [3.8, 4) is 12.3 Å². The normalized spacial score (nSPS) is 10.0. The van der Waals surface area contributed by atoms with Crippen molar-refractivity contribution in [2.45, 2.75) is 12.8 Å². The number of benzene rings is 1. The van der Waals surface area contributed by atoms with E-state index in [2.05, 4.69) is 21.2 Å². The third kappa shape index (κ3) is 2.76. The van der Waals surface area contributed by atoms with Gasteiger partial charge in [0.25, 0.3) is 0 Å². The number of aromatic nitrogens is 2. The highest BCUT2D eigenvalue weighted by molar-refractivity contribution is 6.32. The molecule has 0 aliphatic carbocycles. The van der Waals surface area contributed by atoms with E-state index in [-0.39, 0.29) is 23.3 Å². The molecular weight excluding hydrogens is 250 g/mol. The molecule has 1 heterocycles. The summed E-state index contributed by atoms with van der Waals surface area (Å²) in [4.78, 5) is 19.9. The third-order valence-electron chi connectivity index (χ3n) is 2.28. The SMILES string of the molecule is C#CCCC(=O)Nc1nc2ccccc2nc1Cl. The predicted octanol–water partition coefficient (Wildman–Crippen LogP) is 2.64. The lowest BCUT2D eigenvalue weighted by Crippen LogP contribution is -2.13. The summed E-state index contributed by atoms with van der Waals surface area (Å²) in [5.74, 6) is 2.44. The zero-order valence-electron chi connectivity index (χ0n) is 9.48. The first-order valence-corrected chi connectivity index (χ1v) is 5.74. The largest absolute Gasteiger partial charge is 0.308 e. The molecule has 0 fully saturated rings. The van der Waals surface area contributed by atoms with Gasteiger partial charge >= 0.3 is 0 Å². The predicted molar refractivity (Wildman–Crippen MR) is 71.2 cm³/mol. The maximum absolute atomic E-state index is 11.5. The molecule has 0 aliphatic heterocycles. The Morgan fingerprint density at radius 1 is 1.33 bits per heavy atom. The first-order valence-electron chi connectivity index (χ1n) is 5.36. The van der Waals surface area contributed by atoms with E-state index in [1.807, 2.05) is 12.1 Å². The molecule has 2 rings (SSSR count). The van der Waals surface area contributed by atoms with E-state index < -0.39 is 0 Å². The summed E-state index contributed by atoms with van der Waals surface area (Å²) in [5, 5.41) is 2.77. The topological polar surface area (TPSA) is 54.9 Å². The number of carbonyl (C=O) groups is 1. The van der Waals surface area contributed by atoms with Gasteiger partial charge in [0.15, 0.2) is 11.0 Å². The highest BCUT2D eigenvalue weighted by Crippen LogP contribution is 2.21. The molecule has 0 unspecified atom stereocenters. The summed E-state index contributed by atoms with van der Waals surface area (Å²) in [6, 6.07) is 7.29. The highest BCUT2D eigenvalue weighted by atomic mass is 35.5. The maximum Gasteiger partial charge on any atom is 0.226 e. The molecule has 0 saturated carbocycles. The second-order valence-electron chi connectivity index (χ2n) is 3.60. The molecule has 1 amide bonds. The van der Waals surface area contributed by atoms with Crippen molar-refractivity contribution in [3.63, 3.8) is 0 Å². The number of rotatable bonds is 3. The van der Waals surface area contributed by atoms with Gasteiger partial charge in [-0.25, -0.2) is 9.97 Å². The van der Waals surface area contributed by atoms with Crippen LogP contribution in [0.3, 0.4) is 0 Å². The molecule has 0 bridgehead atoms. The number of terminal acetylenes is 1. The Balaban J connectivity index is 2.25.